The van der Waals surface area contributed by atoms with Gasteiger partial charge < -0.3 is 14.7 Å². The van der Waals surface area contributed by atoms with Gasteiger partial charge in [0.1, 0.15) is 18.4 Å². The van der Waals surface area contributed by atoms with E-state index in [1.165, 1.54) is 12.1 Å². The minimum atomic E-state index is -4.02. The first-order valence-electron chi connectivity index (χ1n) is 13.8. The molecule has 3 aromatic rings. The van der Waals surface area contributed by atoms with E-state index in [2.05, 4.69) is 10.2 Å². The number of nitrogens with one attached hydrogen (secondary N) is 2. The maximum atomic E-state index is 13.3. The summed E-state index contributed by atoms with van der Waals surface area (Å²) in [7, 11) is -4.02. The SMILES string of the molecule is O=C(O)C(CC1CC(=C2CCCN2C(=O)Cc2ccc(COc3ccccc3)cc2)NO1)NS(=O)(=O)c1ccccc1. The third kappa shape index (κ3) is 7.35. The lowest BCUT2D eigenvalue weighted by atomic mass is 10.0. The molecule has 2 saturated heterocycles. The van der Waals surface area contributed by atoms with Crippen molar-refractivity contribution in [3.8, 4) is 5.75 Å². The standard InChI is InChI=1S/C31H33N3O7S/c35-30(18-22-13-15-23(16-14-22)21-40-24-8-3-1-4-9-24)34-17-7-12-29(34)27-19-25(41-32-27)20-28(31(36)37)33-42(38,39)26-10-5-2-6-11-26/h1-6,8-11,13-16,25,28,32-33H,7,12,17-21H2,(H,36,37). The molecule has 1 amide bonds. The van der Waals surface area contributed by atoms with Crippen LogP contribution in [0.1, 0.15) is 36.8 Å². The minimum absolute atomic E-state index is 0.0141. The Morgan fingerprint density at radius 1 is 1.00 bits per heavy atom. The molecular formula is C31H33N3O7S. The van der Waals surface area contributed by atoms with Crippen LogP contribution in [0.4, 0.5) is 0 Å². The van der Waals surface area contributed by atoms with Crippen LogP contribution < -0.4 is 14.9 Å². The van der Waals surface area contributed by atoms with Crippen LogP contribution in [0, 0.1) is 0 Å². The molecule has 0 saturated carbocycles. The molecule has 0 aromatic heterocycles. The maximum absolute atomic E-state index is 13.3. The number of carboxylic acids is 1. The number of allylic oxidation sites excluding steroid dienone is 1. The molecule has 11 heteroatoms. The summed E-state index contributed by atoms with van der Waals surface area (Å²) in [5.74, 6) is -0.535. The van der Waals surface area contributed by atoms with Crippen LogP contribution in [-0.4, -0.2) is 49.0 Å². The van der Waals surface area contributed by atoms with E-state index in [1.54, 1.807) is 23.1 Å². The van der Waals surface area contributed by atoms with Crippen molar-refractivity contribution < 1.29 is 32.7 Å². The Morgan fingerprint density at radius 3 is 2.36 bits per heavy atom. The first-order chi connectivity index (χ1) is 20.3. The van der Waals surface area contributed by atoms with Gasteiger partial charge in [-0.3, -0.25) is 19.9 Å². The number of ether oxygens (including phenoxy) is 1. The number of benzene rings is 3. The highest BCUT2D eigenvalue weighted by Gasteiger charge is 2.34. The number of rotatable bonds is 11. The zero-order valence-corrected chi connectivity index (χ0v) is 23.8. The van der Waals surface area contributed by atoms with Crippen LogP contribution in [0.5, 0.6) is 5.75 Å². The quantitative estimate of drug-likeness (QED) is 0.307. The predicted molar refractivity (Wildman–Crippen MR) is 154 cm³/mol. The number of hydrogen-bond acceptors (Lipinski definition) is 7. The molecule has 10 nitrogen and oxygen atoms in total. The molecule has 2 atom stereocenters. The highest BCUT2D eigenvalue weighted by atomic mass is 32.2. The molecule has 0 bridgehead atoms. The number of nitrogens with zero attached hydrogens (tertiary/aromatic N) is 1. The van der Waals surface area contributed by atoms with Crippen LogP contribution in [0.15, 0.2) is 101 Å². The van der Waals surface area contributed by atoms with E-state index in [9.17, 15) is 23.1 Å². The van der Waals surface area contributed by atoms with Crippen molar-refractivity contribution in [1.82, 2.24) is 15.1 Å². The smallest absolute Gasteiger partial charge is 0.321 e. The number of carboxylic acid groups (broad SMARTS) is 1. The zero-order chi connectivity index (χ0) is 29.5. The number of para-hydroxylation sites is 1. The molecule has 0 aliphatic carbocycles. The summed E-state index contributed by atoms with van der Waals surface area (Å²) in [6, 6.07) is 23.6. The van der Waals surface area contributed by atoms with E-state index in [4.69, 9.17) is 9.57 Å². The summed E-state index contributed by atoms with van der Waals surface area (Å²) in [6.45, 7) is 1.02. The third-order valence-corrected chi connectivity index (χ3v) is 8.71. The van der Waals surface area contributed by atoms with Crippen LogP contribution in [0.25, 0.3) is 0 Å². The monoisotopic (exact) mass is 591 g/mol. The summed E-state index contributed by atoms with van der Waals surface area (Å²) in [4.78, 5) is 32.5. The molecule has 3 N–H and O–H groups in total. The summed E-state index contributed by atoms with van der Waals surface area (Å²) in [5.41, 5.74) is 6.31. The average Bonchev–Trinajstić information content (AvgIpc) is 3.67. The normalized spacial score (nSPS) is 19.3. The second kappa shape index (κ2) is 13.2. The van der Waals surface area contributed by atoms with Crippen LogP contribution in [-0.2, 0) is 37.5 Å². The number of sulfonamides is 1. The largest absolute Gasteiger partial charge is 0.489 e. The van der Waals surface area contributed by atoms with Crippen molar-refractivity contribution in [2.75, 3.05) is 6.54 Å². The van der Waals surface area contributed by atoms with Crippen molar-refractivity contribution >= 4 is 21.9 Å². The first-order valence-corrected chi connectivity index (χ1v) is 15.3. The number of amides is 1. The number of aliphatic carboxylic acids is 1. The summed E-state index contributed by atoms with van der Waals surface area (Å²) < 4.78 is 33.4. The van der Waals surface area contributed by atoms with Crippen LogP contribution in [0.3, 0.4) is 0 Å². The number of hydroxylamine groups is 1. The van der Waals surface area contributed by atoms with Crippen molar-refractivity contribution in [2.24, 2.45) is 0 Å². The molecule has 2 fully saturated rings. The Bertz CT molecular complexity index is 1530. The molecule has 2 heterocycles. The van der Waals surface area contributed by atoms with Gasteiger partial charge in [-0.05, 0) is 48.2 Å². The van der Waals surface area contributed by atoms with Gasteiger partial charge in [-0.2, -0.15) is 4.72 Å². The van der Waals surface area contributed by atoms with Crippen molar-refractivity contribution in [3.05, 3.63) is 107 Å². The Balaban J connectivity index is 1.17. The lowest BCUT2D eigenvalue weighted by Gasteiger charge is -2.20. The highest BCUT2D eigenvalue weighted by molar-refractivity contribution is 7.89. The highest BCUT2D eigenvalue weighted by Crippen LogP contribution is 2.30. The van der Waals surface area contributed by atoms with Gasteiger partial charge in [0.2, 0.25) is 15.9 Å². The predicted octanol–water partition coefficient (Wildman–Crippen LogP) is 3.76. The van der Waals surface area contributed by atoms with E-state index in [-0.39, 0.29) is 23.6 Å². The zero-order valence-electron chi connectivity index (χ0n) is 22.9. The summed E-state index contributed by atoms with van der Waals surface area (Å²) in [5, 5.41) is 9.70. The molecular weight excluding hydrogens is 558 g/mol. The molecule has 42 heavy (non-hydrogen) atoms. The van der Waals surface area contributed by atoms with Gasteiger partial charge in [-0.1, -0.05) is 60.7 Å². The number of carbonyl (C=O) groups excluding carboxylic acids is 1. The van der Waals surface area contributed by atoms with Gasteiger partial charge in [0, 0.05) is 25.1 Å². The number of likely N-dealkylation sites (tertiary alicyclic amines) is 1. The van der Waals surface area contributed by atoms with Gasteiger partial charge in [-0.15, -0.1) is 0 Å². The van der Waals surface area contributed by atoms with Gasteiger partial charge in [-0.25, -0.2) is 8.42 Å². The summed E-state index contributed by atoms with van der Waals surface area (Å²) in [6.07, 6.45) is 1.40. The Labute approximate surface area is 245 Å². The second-order valence-electron chi connectivity index (χ2n) is 10.3. The van der Waals surface area contributed by atoms with Crippen LogP contribution >= 0.6 is 0 Å². The van der Waals surface area contributed by atoms with E-state index < -0.39 is 28.1 Å². The molecule has 2 aliphatic rings. The molecule has 0 radical (unpaired) electrons. The Kier molecular flexibility index (Phi) is 9.21. The van der Waals surface area contributed by atoms with E-state index >= 15 is 0 Å². The third-order valence-electron chi connectivity index (χ3n) is 7.23. The van der Waals surface area contributed by atoms with E-state index in [0.717, 1.165) is 29.0 Å². The average molecular weight is 592 g/mol. The van der Waals surface area contributed by atoms with Gasteiger partial charge >= 0.3 is 5.97 Å². The van der Waals surface area contributed by atoms with Gasteiger partial charge in [0.05, 0.1) is 23.1 Å². The Hall–Kier alpha value is -4.19. The minimum Gasteiger partial charge on any atom is -0.489 e. The summed E-state index contributed by atoms with van der Waals surface area (Å²) >= 11 is 0. The van der Waals surface area contributed by atoms with Crippen molar-refractivity contribution in [1.29, 1.82) is 0 Å². The molecule has 5 rings (SSSR count). The lowest BCUT2D eigenvalue weighted by Crippen LogP contribution is -2.42. The fraction of sp³-hybridized carbons (Fsp3) is 0.290. The van der Waals surface area contributed by atoms with Crippen molar-refractivity contribution in [3.63, 3.8) is 0 Å². The fourth-order valence-electron chi connectivity index (χ4n) is 5.06. The first kappa shape index (κ1) is 29.3. The van der Waals surface area contributed by atoms with Crippen LogP contribution in [0.2, 0.25) is 0 Å². The van der Waals surface area contributed by atoms with E-state index in [1.807, 2.05) is 54.6 Å². The molecule has 3 aromatic carbocycles. The second-order valence-corrected chi connectivity index (χ2v) is 12.0. The molecule has 2 unspecified atom stereocenters. The molecule has 220 valence electrons. The topological polar surface area (TPSA) is 134 Å². The molecule has 2 aliphatic heterocycles. The van der Waals surface area contributed by atoms with Gasteiger partial charge in [0.25, 0.3) is 0 Å². The number of hydrogen-bond donors (Lipinski definition) is 3. The number of carbonyl (C=O) groups is 2. The maximum Gasteiger partial charge on any atom is 0.321 e. The molecule has 0 spiro atoms. The van der Waals surface area contributed by atoms with E-state index in [0.29, 0.717) is 31.7 Å². The Morgan fingerprint density at radius 2 is 1.67 bits per heavy atom. The fourth-order valence-corrected chi connectivity index (χ4v) is 6.28. The van der Waals surface area contributed by atoms with Crippen molar-refractivity contribution in [2.45, 2.75) is 55.8 Å². The lowest BCUT2D eigenvalue weighted by molar-refractivity contribution is -0.140. The van der Waals surface area contributed by atoms with Gasteiger partial charge in [0.15, 0.2) is 0 Å².